The van der Waals surface area contributed by atoms with E-state index >= 15 is 4.39 Å². The molecule has 9 nitrogen and oxygen atoms in total. The molecule has 0 radical (unpaired) electrons. The van der Waals surface area contributed by atoms with E-state index in [9.17, 15) is 28.0 Å². The molecule has 13 heteroatoms. The van der Waals surface area contributed by atoms with E-state index in [2.05, 4.69) is 21.8 Å². The number of ether oxygens (including phenoxy) is 2. The predicted octanol–water partition coefficient (Wildman–Crippen LogP) is 7.69. The van der Waals surface area contributed by atoms with Crippen LogP contribution in [0.5, 0.6) is 0 Å². The van der Waals surface area contributed by atoms with Crippen molar-refractivity contribution in [3.63, 3.8) is 0 Å². The van der Waals surface area contributed by atoms with Gasteiger partial charge in [0, 0.05) is 12.6 Å². The maximum absolute atomic E-state index is 15.1. The highest BCUT2D eigenvalue weighted by atomic mass is 19.4. The molecule has 1 heterocycles. The summed E-state index contributed by atoms with van der Waals surface area (Å²) in [5, 5.41) is 18.0. The highest BCUT2D eigenvalue weighted by Gasteiger charge is 2.36. The molecule has 3 aromatic carbocycles. The summed E-state index contributed by atoms with van der Waals surface area (Å²) in [6, 6.07) is 19.5. The average Bonchev–Trinajstić information content (AvgIpc) is 3.74. The van der Waals surface area contributed by atoms with Gasteiger partial charge in [-0.3, -0.25) is 4.79 Å². The van der Waals surface area contributed by atoms with Crippen LogP contribution in [-0.2, 0) is 22.2 Å². The molecule has 250 valence electrons. The molecular formula is C35H33F4N5O4. The third kappa shape index (κ3) is 8.77. The minimum absolute atomic E-state index is 0.0169. The lowest BCUT2D eigenvalue weighted by molar-refractivity contribution is -0.141. The first-order chi connectivity index (χ1) is 22.7. The zero-order valence-electron chi connectivity index (χ0n) is 26.4. The minimum atomic E-state index is -4.88. The second-order valence-corrected chi connectivity index (χ2v) is 12.4. The topological polar surface area (TPSA) is 118 Å². The van der Waals surface area contributed by atoms with E-state index < -0.39 is 47.1 Å². The molecule has 2 amide bonds. The molecule has 0 aliphatic heterocycles. The van der Waals surface area contributed by atoms with Crippen LogP contribution in [0.3, 0.4) is 0 Å². The maximum atomic E-state index is 15.1. The number of carbonyl (C=O) groups excluding carboxylic acids is 2. The average molecular weight is 664 g/mol. The SMILES string of the molecule is CC(C)(C)OC(=O)NCc1cccc(-n2nc(C(F)(F)F)cc2C(=O)Nc2cc([C@H](OCC3CC3)c3cccc(C#N)c3)ccc2F)c1. The van der Waals surface area contributed by atoms with Gasteiger partial charge in [-0.25, -0.2) is 13.9 Å². The molecule has 1 aliphatic rings. The van der Waals surface area contributed by atoms with Crippen molar-refractivity contribution in [2.45, 2.75) is 58.0 Å². The van der Waals surface area contributed by atoms with Crippen molar-refractivity contribution in [3.05, 3.63) is 112 Å². The van der Waals surface area contributed by atoms with Crippen molar-refractivity contribution < 1.29 is 36.6 Å². The van der Waals surface area contributed by atoms with Gasteiger partial charge in [0.2, 0.25) is 0 Å². The number of hydrogen-bond donors (Lipinski definition) is 2. The van der Waals surface area contributed by atoms with Gasteiger partial charge in [0.15, 0.2) is 5.69 Å². The molecule has 0 saturated heterocycles. The van der Waals surface area contributed by atoms with Crippen LogP contribution in [0, 0.1) is 23.1 Å². The fraction of sp³-hybridized carbons (Fsp3) is 0.314. The number of benzene rings is 3. The van der Waals surface area contributed by atoms with Gasteiger partial charge in [0.05, 0.1) is 29.6 Å². The highest BCUT2D eigenvalue weighted by molar-refractivity contribution is 6.03. The van der Waals surface area contributed by atoms with E-state index in [-0.39, 0.29) is 17.9 Å². The minimum Gasteiger partial charge on any atom is -0.444 e. The van der Waals surface area contributed by atoms with E-state index in [1.165, 1.54) is 30.3 Å². The second-order valence-electron chi connectivity index (χ2n) is 12.4. The number of hydrogen-bond acceptors (Lipinski definition) is 6. The van der Waals surface area contributed by atoms with E-state index in [0.717, 1.165) is 23.6 Å². The number of anilines is 1. The van der Waals surface area contributed by atoms with E-state index in [1.807, 2.05) is 0 Å². The third-order valence-corrected chi connectivity index (χ3v) is 7.28. The van der Waals surface area contributed by atoms with Crippen LogP contribution in [0.15, 0.2) is 72.8 Å². The standard InChI is InChI=1S/C35H33F4N5O4/c1-34(2,3)48-33(46)41-19-23-7-5-9-26(15-23)44-29(17-30(43-44)35(37,38)39)32(45)42-28-16-25(12-13-27(28)36)31(47-20-21-10-11-21)24-8-4-6-22(14-24)18-40/h4-9,12-17,21,31H,10-11,19-20H2,1-3H3,(H,41,46)(H,42,45)/t31-/m1/s1. The smallest absolute Gasteiger partial charge is 0.435 e. The molecule has 2 N–H and O–H groups in total. The number of alkyl carbamates (subject to hydrolysis) is 1. The number of halogens is 4. The van der Waals surface area contributed by atoms with Crippen molar-refractivity contribution in [2.24, 2.45) is 5.92 Å². The fourth-order valence-corrected chi connectivity index (χ4v) is 4.83. The van der Waals surface area contributed by atoms with E-state index in [0.29, 0.717) is 40.8 Å². The molecule has 5 rings (SSSR count). The molecule has 1 aromatic heterocycles. The normalized spacial score (nSPS) is 13.8. The lowest BCUT2D eigenvalue weighted by Crippen LogP contribution is -2.32. The van der Waals surface area contributed by atoms with Crippen molar-refractivity contribution in [1.29, 1.82) is 5.26 Å². The molecule has 1 aliphatic carbocycles. The Balaban J connectivity index is 1.44. The molecule has 1 saturated carbocycles. The Morgan fingerprint density at radius 1 is 1.02 bits per heavy atom. The summed E-state index contributed by atoms with van der Waals surface area (Å²) in [4.78, 5) is 25.7. The van der Waals surface area contributed by atoms with E-state index in [4.69, 9.17) is 9.47 Å². The van der Waals surface area contributed by atoms with E-state index in [1.54, 1.807) is 51.1 Å². The summed E-state index contributed by atoms with van der Waals surface area (Å²) in [5.74, 6) is -1.48. The summed E-state index contributed by atoms with van der Waals surface area (Å²) >= 11 is 0. The molecule has 0 spiro atoms. The Bertz CT molecular complexity index is 1850. The van der Waals surface area contributed by atoms with Crippen molar-refractivity contribution in [2.75, 3.05) is 11.9 Å². The van der Waals surface area contributed by atoms with Crippen molar-refractivity contribution >= 4 is 17.7 Å². The van der Waals surface area contributed by atoms with Crippen molar-refractivity contribution in [3.8, 4) is 11.8 Å². The lowest BCUT2D eigenvalue weighted by Gasteiger charge is -2.20. The molecule has 0 bridgehead atoms. The number of rotatable bonds is 10. The number of nitrogens with one attached hydrogen (secondary N) is 2. The Labute approximate surface area is 274 Å². The monoisotopic (exact) mass is 663 g/mol. The van der Waals surface area contributed by atoms with Crippen LogP contribution in [0.2, 0.25) is 0 Å². The molecule has 1 fully saturated rings. The van der Waals surface area contributed by atoms with Crippen LogP contribution in [0.4, 0.5) is 28.0 Å². The number of aromatic nitrogens is 2. The van der Waals surface area contributed by atoms with Crippen LogP contribution in [0.25, 0.3) is 5.69 Å². The first-order valence-corrected chi connectivity index (χ1v) is 15.2. The van der Waals surface area contributed by atoms with Gasteiger partial charge in [-0.2, -0.15) is 23.5 Å². The summed E-state index contributed by atoms with van der Waals surface area (Å²) in [6.07, 6.45) is -4.23. The summed E-state index contributed by atoms with van der Waals surface area (Å²) in [5.41, 5.74) is -0.748. The van der Waals surface area contributed by atoms with Gasteiger partial charge in [0.25, 0.3) is 5.91 Å². The van der Waals surface area contributed by atoms with Crippen molar-refractivity contribution in [1.82, 2.24) is 15.1 Å². The Kier molecular flexibility index (Phi) is 9.86. The van der Waals surface area contributed by atoms with Gasteiger partial charge >= 0.3 is 12.3 Å². The molecular weight excluding hydrogens is 630 g/mol. The third-order valence-electron chi connectivity index (χ3n) is 7.28. The number of carbonyl (C=O) groups is 2. The van der Waals surface area contributed by atoms with Crippen LogP contribution in [-0.4, -0.2) is 34.0 Å². The Hall–Kier alpha value is -5.22. The highest BCUT2D eigenvalue weighted by Crippen LogP contribution is 2.35. The number of alkyl halides is 3. The fourth-order valence-electron chi connectivity index (χ4n) is 4.83. The lowest BCUT2D eigenvalue weighted by atomic mass is 9.99. The first-order valence-electron chi connectivity index (χ1n) is 15.2. The van der Waals surface area contributed by atoms with Crippen LogP contribution >= 0.6 is 0 Å². The zero-order valence-corrected chi connectivity index (χ0v) is 26.4. The van der Waals surface area contributed by atoms with Gasteiger partial charge in [-0.1, -0.05) is 30.3 Å². The summed E-state index contributed by atoms with van der Waals surface area (Å²) in [6.45, 7) is 5.53. The number of amides is 2. The van der Waals surface area contributed by atoms with Gasteiger partial charge in [0.1, 0.15) is 23.2 Å². The molecule has 1 atom stereocenters. The second kappa shape index (κ2) is 13.9. The molecule has 0 unspecified atom stereocenters. The Morgan fingerprint density at radius 3 is 2.44 bits per heavy atom. The van der Waals surface area contributed by atoms with Gasteiger partial charge in [-0.05, 0) is 92.6 Å². The zero-order chi connectivity index (χ0) is 34.6. The van der Waals surface area contributed by atoms with Crippen LogP contribution in [0.1, 0.15) is 78.2 Å². The Morgan fingerprint density at radius 2 is 1.75 bits per heavy atom. The predicted molar refractivity (Wildman–Crippen MR) is 168 cm³/mol. The largest absolute Gasteiger partial charge is 0.444 e. The summed E-state index contributed by atoms with van der Waals surface area (Å²) in [7, 11) is 0. The van der Waals surface area contributed by atoms with Crippen LogP contribution < -0.4 is 10.6 Å². The maximum Gasteiger partial charge on any atom is 0.435 e. The molecule has 48 heavy (non-hydrogen) atoms. The quantitative estimate of drug-likeness (QED) is 0.168. The number of nitrogens with zero attached hydrogens (tertiary/aromatic N) is 3. The first kappa shape index (κ1) is 34.1. The van der Waals surface area contributed by atoms with Gasteiger partial charge < -0.3 is 20.1 Å². The summed E-state index contributed by atoms with van der Waals surface area (Å²) < 4.78 is 68.8. The molecule has 4 aromatic rings. The van der Waals surface area contributed by atoms with Gasteiger partial charge in [-0.15, -0.1) is 0 Å². The number of nitriles is 1.